The number of carbonyl (C=O) groups excluding carboxylic acids is 1. The third kappa shape index (κ3) is 4.28. The van der Waals surface area contributed by atoms with Gasteiger partial charge in [-0.3, -0.25) is 14.9 Å². The van der Waals surface area contributed by atoms with Gasteiger partial charge in [0.15, 0.2) is 0 Å². The van der Waals surface area contributed by atoms with Crippen LogP contribution in [-0.2, 0) is 6.42 Å². The van der Waals surface area contributed by atoms with Crippen LogP contribution in [0.2, 0.25) is 0 Å². The fourth-order valence-corrected chi connectivity index (χ4v) is 3.35. The predicted octanol–water partition coefficient (Wildman–Crippen LogP) is 2.43. The smallest absolute Gasteiger partial charge is 0.271 e. The Balaban J connectivity index is 1.35. The lowest BCUT2D eigenvalue weighted by atomic mass is 9.93. The quantitative estimate of drug-likeness (QED) is 0.722. The molecule has 138 valence electrons. The largest absolute Gasteiger partial charge is 0.337 e. The molecule has 0 spiro atoms. The maximum atomic E-state index is 12.5. The first kappa shape index (κ1) is 17.1. The van der Waals surface area contributed by atoms with Crippen molar-refractivity contribution in [3.63, 3.8) is 0 Å². The summed E-state index contributed by atoms with van der Waals surface area (Å²) in [6.07, 6.45) is 9.74. The number of nitrogens with zero attached hydrogens (tertiary/aromatic N) is 5. The number of aromatic nitrogens is 5. The molecule has 8 heteroatoms. The zero-order chi connectivity index (χ0) is 18.5. The van der Waals surface area contributed by atoms with E-state index in [0.717, 1.165) is 43.9 Å². The van der Waals surface area contributed by atoms with Crippen LogP contribution in [0.1, 0.15) is 29.0 Å². The van der Waals surface area contributed by atoms with Crippen LogP contribution in [-0.4, -0.2) is 49.0 Å². The average Bonchev–Trinajstić information content (AvgIpc) is 3.25. The van der Waals surface area contributed by atoms with Gasteiger partial charge in [-0.2, -0.15) is 5.10 Å². The van der Waals surface area contributed by atoms with Crippen LogP contribution in [0.15, 0.2) is 49.1 Å². The number of aromatic amines is 1. The molecule has 0 aliphatic carbocycles. The number of rotatable bonds is 5. The molecule has 8 nitrogen and oxygen atoms in total. The second-order valence-electron chi connectivity index (χ2n) is 6.67. The van der Waals surface area contributed by atoms with E-state index in [-0.39, 0.29) is 5.91 Å². The van der Waals surface area contributed by atoms with E-state index in [1.54, 1.807) is 30.9 Å². The number of likely N-dealkylation sites (tertiary alicyclic amines) is 1. The SMILES string of the molecule is O=C(c1ccn[nH]1)N1CCC[C@@H](Cc2cnc(Nc3ccccn3)cn2)C1. The van der Waals surface area contributed by atoms with Crippen molar-refractivity contribution in [2.24, 2.45) is 5.92 Å². The summed E-state index contributed by atoms with van der Waals surface area (Å²) < 4.78 is 0. The van der Waals surface area contributed by atoms with Gasteiger partial charge in [-0.15, -0.1) is 0 Å². The third-order valence-electron chi connectivity index (χ3n) is 4.66. The molecular formula is C19H21N7O. The van der Waals surface area contributed by atoms with Crippen LogP contribution >= 0.6 is 0 Å². The summed E-state index contributed by atoms with van der Waals surface area (Å²) in [5.41, 5.74) is 1.47. The summed E-state index contributed by atoms with van der Waals surface area (Å²) in [7, 11) is 0. The Labute approximate surface area is 157 Å². The van der Waals surface area contributed by atoms with E-state index >= 15 is 0 Å². The van der Waals surface area contributed by atoms with Gasteiger partial charge in [0.05, 0.1) is 18.1 Å². The highest BCUT2D eigenvalue weighted by Gasteiger charge is 2.25. The highest BCUT2D eigenvalue weighted by Crippen LogP contribution is 2.21. The number of H-pyrrole nitrogens is 1. The molecule has 1 amide bonds. The lowest BCUT2D eigenvalue weighted by Gasteiger charge is -2.32. The van der Waals surface area contributed by atoms with Crippen molar-refractivity contribution in [3.05, 3.63) is 60.4 Å². The van der Waals surface area contributed by atoms with Gasteiger partial charge >= 0.3 is 0 Å². The van der Waals surface area contributed by atoms with E-state index in [9.17, 15) is 4.79 Å². The van der Waals surface area contributed by atoms with E-state index in [1.165, 1.54) is 0 Å². The molecular weight excluding hydrogens is 342 g/mol. The van der Waals surface area contributed by atoms with Crippen LogP contribution < -0.4 is 5.32 Å². The normalized spacial score (nSPS) is 16.9. The summed E-state index contributed by atoms with van der Waals surface area (Å²) in [6, 6.07) is 7.37. The van der Waals surface area contributed by atoms with Gasteiger partial charge in [0.2, 0.25) is 0 Å². The maximum Gasteiger partial charge on any atom is 0.271 e. The van der Waals surface area contributed by atoms with Crippen molar-refractivity contribution in [3.8, 4) is 0 Å². The second kappa shape index (κ2) is 7.94. The van der Waals surface area contributed by atoms with Gasteiger partial charge in [-0.1, -0.05) is 6.07 Å². The van der Waals surface area contributed by atoms with E-state index < -0.39 is 0 Å². The second-order valence-corrected chi connectivity index (χ2v) is 6.67. The number of anilines is 2. The zero-order valence-corrected chi connectivity index (χ0v) is 14.9. The Morgan fingerprint density at radius 2 is 2.11 bits per heavy atom. The topological polar surface area (TPSA) is 99.7 Å². The fraction of sp³-hybridized carbons (Fsp3) is 0.316. The third-order valence-corrected chi connectivity index (χ3v) is 4.66. The summed E-state index contributed by atoms with van der Waals surface area (Å²) in [5, 5.41) is 9.74. The number of amides is 1. The Morgan fingerprint density at radius 1 is 1.15 bits per heavy atom. The minimum atomic E-state index is 0.0122. The molecule has 1 aliphatic rings. The molecule has 4 heterocycles. The van der Waals surface area contributed by atoms with Crippen molar-refractivity contribution in [1.29, 1.82) is 0 Å². The Kier molecular flexibility index (Phi) is 5.04. The van der Waals surface area contributed by atoms with Gasteiger partial charge in [-0.05, 0) is 43.4 Å². The number of nitrogens with one attached hydrogen (secondary N) is 2. The molecule has 0 bridgehead atoms. The molecule has 3 aromatic rings. The van der Waals surface area contributed by atoms with Gasteiger partial charge in [-0.25, -0.2) is 9.97 Å². The average molecular weight is 363 g/mol. The van der Waals surface area contributed by atoms with Crippen LogP contribution in [0, 0.1) is 5.92 Å². The number of hydrogen-bond donors (Lipinski definition) is 2. The molecule has 3 aromatic heterocycles. The van der Waals surface area contributed by atoms with Crippen LogP contribution in [0.25, 0.3) is 0 Å². The molecule has 2 N–H and O–H groups in total. The van der Waals surface area contributed by atoms with Gasteiger partial charge in [0.1, 0.15) is 17.3 Å². The van der Waals surface area contributed by atoms with Crippen LogP contribution in [0.4, 0.5) is 11.6 Å². The van der Waals surface area contributed by atoms with Crippen molar-refractivity contribution >= 4 is 17.5 Å². The van der Waals surface area contributed by atoms with Crippen molar-refractivity contribution < 1.29 is 4.79 Å². The lowest BCUT2D eigenvalue weighted by molar-refractivity contribution is 0.0666. The number of hydrogen-bond acceptors (Lipinski definition) is 6. The van der Waals surface area contributed by atoms with Gasteiger partial charge in [0.25, 0.3) is 5.91 Å². The summed E-state index contributed by atoms with van der Waals surface area (Å²) >= 11 is 0. The molecule has 4 rings (SSSR count). The van der Waals surface area contributed by atoms with Gasteiger partial charge in [0, 0.05) is 25.5 Å². The van der Waals surface area contributed by atoms with Crippen LogP contribution in [0.3, 0.4) is 0 Å². The predicted molar refractivity (Wildman–Crippen MR) is 100 cm³/mol. The molecule has 1 aliphatic heterocycles. The zero-order valence-electron chi connectivity index (χ0n) is 14.9. The number of pyridine rings is 1. The maximum absolute atomic E-state index is 12.5. The van der Waals surface area contributed by atoms with Gasteiger partial charge < -0.3 is 10.2 Å². The monoisotopic (exact) mass is 363 g/mol. The first-order valence-corrected chi connectivity index (χ1v) is 9.05. The standard InChI is InChI=1S/C19H21N7O/c27-19(16-6-8-23-25-16)26-9-3-4-14(13-26)10-15-11-22-18(12-21-15)24-17-5-1-2-7-20-17/h1-2,5-8,11-12,14H,3-4,9-10,13H2,(H,23,25)(H,20,22,24)/t14-/m0/s1. The molecule has 27 heavy (non-hydrogen) atoms. The minimum Gasteiger partial charge on any atom is -0.337 e. The lowest BCUT2D eigenvalue weighted by Crippen LogP contribution is -2.40. The highest BCUT2D eigenvalue weighted by molar-refractivity contribution is 5.92. The molecule has 1 fully saturated rings. The molecule has 0 aromatic carbocycles. The Hall–Kier alpha value is -3.29. The molecule has 0 radical (unpaired) electrons. The highest BCUT2D eigenvalue weighted by atomic mass is 16.2. The fourth-order valence-electron chi connectivity index (χ4n) is 3.35. The van der Waals surface area contributed by atoms with E-state index in [2.05, 4.69) is 30.5 Å². The van der Waals surface area contributed by atoms with Crippen molar-refractivity contribution in [1.82, 2.24) is 30.0 Å². The Bertz CT molecular complexity index is 865. The van der Waals surface area contributed by atoms with Crippen molar-refractivity contribution in [2.75, 3.05) is 18.4 Å². The van der Waals surface area contributed by atoms with Crippen molar-refractivity contribution in [2.45, 2.75) is 19.3 Å². The molecule has 1 saturated heterocycles. The molecule has 0 unspecified atom stereocenters. The van der Waals surface area contributed by atoms with Crippen LogP contribution in [0.5, 0.6) is 0 Å². The molecule has 0 saturated carbocycles. The van der Waals surface area contributed by atoms with E-state index in [0.29, 0.717) is 17.4 Å². The summed E-state index contributed by atoms with van der Waals surface area (Å²) in [4.78, 5) is 27.5. The Morgan fingerprint density at radius 3 is 2.85 bits per heavy atom. The minimum absolute atomic E-state index is 0.0122. The molecule has 1 atom stereocenters. The summed E-state index contributed by atoms with van der Waals surface area (Å²) in [5.74, 6) is 1.80. The first-order valence-electron chi connectivity index (χ1n) is 9.05. The summed E-state index contributed by atoms with van der Waals surface area (Å²) in [6.45, 7) is 1.51. The first-order chi connectivity index (χ1) is 13.3. The number of piperidine rings is 1. The van der Waals surface area contributed by atoms with E-state index in [1.807, 2.05) is 23.1 Å². The van der Waals surface area contributed by atoms with E-state index in [4.69, 9.17) is 0 Å². The number of carbonyl (C=O) groups is 1.